The van der Waals surface area contributed by atoms with E-state index in [0.29, 0.717) is 4.80 Å². The molecule has 0 aliphatic rings. The lowest BCUT2D eigenvalue weighted by atomic mass is 10.1. The van der Waals surface area contributed by atoms with Crippen LogP contribution < -0.4 is 4.80 Å². The molecular weight excluding hydrogens is 368 g/mol. The zero-order chi connectivity index (χ0) is 19.1. The van der Waals surface area contributed by atoms with Gasteiger partial charge in [-0.1, -0.05) is 36.5 Å². The Morgan fingerprint density at radius 3 is 2.50 bits per heavy atom. The van der Waals surface area contributed by atoms with Gasteiger partial charge in [0.05, 0.1) is 20.9 Å². The molecule has 0 aliphatic carbocycles. The van der Waals surface area contributed by atoms with E-state index in [9.17, 15) is 13.2 Å². The van der Waals surface area contributed by atoms with Crippen molar-refractivity contribution in [2.24, 2.45) is 12.0 Å². The van der Waals surface area contributed by atoms with Crippen LogP contribution in [0.5, 0.6) is 0 Å². The fraction of sp³-hybridized carbons (Fsp3) is 0.263. The van der Waals surface area contributed by atoms with Crippen LogP contribution in [0.25, 0.3) is 10.2 Å². The highest BCUT2D eigenvalue weighted by atomic mass is 32.2. The van der Waals surface area contributed by atoms with Gasteiger partial charge in [-0.25, -0.2) is 8.42 Å². The van der Waals surface area contributed by atoms with Crippen LogP contribution in [0.4, 0.5) is 0 Å². The number of aromatic nitrogens is 1. The molecule has 2 aromatic carbocycles. The van der Waals surface area contributed by atoms with Gasteiger partial charge in [0, 0.05) is 12.6 Å². The molecule has 0 fully saturated rings. The van der Waals surface area contributed by atoms with Gasteiger partial charge in [0.25, 0.3) is 5.91 Å². The standard InChI is InChI=1S/C19H20N2O3S2/c1-5-26(23,24)15-8-6-7-14(11-15)18(22)20-19-21(4)16-12(2)9-10-13(3)17(16)25-19/h6-11H,5H2,1-4H3. The lowest BCUT2D eigenvalue weighted by Crippen LogP contribution is -2.14. The molecule has 136 valence electrons. The Kier molecular flexibility index (Phi) is 4.86. The van der Waals surface area contributed by atoms with Crippen LogP contribution in [-0.4, -0.2) is 24.6 Å². The second-order valence-electron chi connectivity index (χ2n) is 6.17. The second-order valence-corrected chi connectivity index (χ2v) is 9.42. The molecule has 3 rings (SSSR count). The van der Waals surface area contributed by atoms with Gasteiger partial charge >= 0.3 is 0 Å². The minimum atomic E-state index is -3.36. The third kappa shape index (κ3) is 3.24. The molecule has 26 heavy (non-hydrogen) atoms. The summed E-state index contributed by atoms with van der Waals surface area (Å²) in [5.41, 5.74) is 3.58. The van der Waals surface area contributed by atoms with Crippen molar-refractivity contribution in [3.8, 4) is 0 Å². The second kappa shape index (κ2) is 6.81. The average Bonchev–Trinajstić information content (AvgIpc) is 2.96. The molecule has 0 radical (unpaired) electrons. The summed E-state index contributed by atoms with van der Waals surface area (Å²) < 4.78 is 27.1. The molecule has 3 aromatic rings. The van der Waals surface area contributed by atoms with E-state index in [1.165, 1.54) is 23.5 Å². The number of benzene rings is 2. The zero-order valence-electron chi connectivity index (χ0n) is 15.1. The van der Waals surface area contributed by atoms with E-state index in [4.69, 9.17) is 0 Å². The largest absolute Gasteiger partial charge is 0.319 e. The van der Waals surface area contributed by atoms with E-state index in [-0.39, 0.29) is 16.2 Å². The third-order valence-corrected chi connectivity index (χ3v) is 7.36. The number of carbonyl (C=O) groups excluding carboxylic acids is 1. The highest BCUT2D eigenvalue weighted by Gasteiger charge is 2.15. The van der Waals surface area contributed by atoms with Crippen LogP contribution in [0, 0.1) is 13.8 Å². The average molecular weight is 389 g/mol. The van der Waals surface area contributed by atoms with E-state index in [0.717, 1.165) is 21.3 Å². The highest BCUT2D eigenvalue weighted by molar-refractivity contribution is 7.91. The molecule has 0 bridgehead atoms. The number of hydrogen-bond donors (Lipinski definition) is 0. The highest BCUT2D eigenvalue weighted by Crippen LogP contribution is 2.24. The molecule has 5 nitrogen and oxygen atoms in total. The van der Waals surface area contributed by atoms with E-state index in [1.807, 2.05) is 25.5 Å². The van der Waals surface area contributed by atoms with Crippen molar-refractivity contribution in [2.45, 2.75) is 25.7 Å². The molecule has 0 unspecified atom stereocenters. The molecule has 0 atom stereocenters. The number of hydrogen-bond acceptors (Lipinski definition) is 4. The maximum absolute atomic E-state index is 12.6. The van der Waals surface area contributed by atoms with Gasteiger partial charge in [-0.05, 0) is 43.2 Å². The molecule has 1 amide bonds. The van der Waals surface area contributed by atoms with Gasteiger partial charge in [-0.2, -0.15) is 4.99 Å². The van der Waals surface area contributed by atoms with Crippen molar-refractivity contribution in [3.05, 3.63) is 57.9 Å². The minimum absolute atomic E-state index is 0.00832. The molecule has 0 saturated carbocycles. The van der Waals surface area contributed by atoms with Crippen molar-refractivity contribution in [1.29, 1.82) is 0 Å². The predicted octanol–water partition coefficient (Wildman–Crippen LogP) is 3.39. The van der Waals surface area contributed by atoms with E-state index in [1.54, 1.807) is 19.1 Å². The monoisotopic (exact) mass is 388 g/mol. The van der Waals surface area contributed by atoms with E-state index < -0.39 is 15.7 Å². The van der Waals surface area contributed by atoms with Crippen molar-refractivity contribution in [2.75, 3.05) is 5.75 Å². The Morgan fingerprint density at radius 2 is 1.85 bits per heavy atom. The van der Waals surface area contributed by atoms with Crippen molar-refractivity contribution < 1.29 is 13.2 Å². The zero-order valence-corrected chi connectivity index (χ0v) is 16.7. The van der Waals surface area contributed by atoms with Crippen LogP contribution in [0.2, 0.25) is 0 Å². The molecule has 0 spiro atoms. The Hall–Kier alpha value is -2.25. The Labute approximate surface area is 156 Å². The molecule has 0 saturated heterocycles. The Balaban J connectivity index is 2.12. The van der Waals surface area contributed by atoms with Gasteiger partial charge in [0.15, 0.2) is 14.6 Å². The molecule has 1 aromatic heterocycles. The lowest BCUT2D eigenvalue weighted by Gasteiger charge is -2.03. The molecular formula is C19H20N2O3S2. The number of thiazole rings is 1. The number of fused-ring (bicyclic) bond motifs is 1. The summed E-state index contributed by atoms with van der Waals surface area (Å²) in [5, 5.41) is 0. The van der Waals surface area contributed by atoms with Gasteiger partial charge < -0.3 is 4.57 Å². The molecule has 0 aliphatic heterocycles. The summed E-state index contributed by atoms with van der Waals surface area (Å²) in [6, 6.07) is 10.2. The number of amides is 1. The Bertz CT molecular complexity index is 1190. The number of carbonyl (C=O) groups is 1. The molecule has 0 N–H and O–H groups in total. The Morgan fingerprint density at radius 1 is 1.15 bits per heavy atom. The number of rotatable bonds is 3. The number of nitrogens with zero attached hydrogens (tertiary/aromatic N) is 2. The number of sulfone groups is 1. The third-order valence-electron chi connectivity index (χ3n) is 4.36. The van der Waals surface area contributed by atoms with Crippen LogP contribution in [-0.2, 0) is 16.9 Å². The lowest BCUT2D eigenvalue weighted by molar-refractivity contribution is 0.0997. The first-order chi connectivity index (χ1) is 12.2. The van der Waals surface area contributed by atoms with Crippen LogP contribution in [0.15, 0.2) is 46.3 Å². The summed E-state index contributed by atoms with van der Waals surface area (Å²) in [6.07, 6.45) is 0. The first kappa shape index (κ1) is 18.5. The SMILES string of the molecule is CCS(=O)(=O)c1cccc(C(=O)N=c2sc3c(C)ccc(C)c3n2C)c1. The maximum atomic E-state index is 12.6. The summed E-state index contributed by atoms with van der Waals surface area (Å²) in [4.78, 5) is 17.6. The molecule has 7 heteroatoms. The van der Waals surface area contributed by atoms with Gasteiger partial charge in [-0.15, -0.1) is 0 Å². The van der Waals surface area contributed by atoms with Gasteiger partial charge in [0.1, 0.15) is 0 Å². The first-order valence-corrected chi connectivity index (χ1v) is 10.7. The van der Waals surface area contributed by atoms with E-state index in [2.05, 4.69) is 17.1 Å². The minimum Gasteiger partial charge on any atom is -0.319 e. The summed E-state index contributed by atoms with van der Waals surface area (Å²) in [7, 11) is -1.48. The van der Waals surface area contributed by atoms with Crippen molar-refractivity contribution in [1.82, 2.24) is 4.57 Å². The first-order valence-electron chi connectivity index (χ1n) is 8.22. The summed E-state index contributed by atoms with van der Waals surface area (Å²) >= 11 is 1.46. The van der Waals surface area contributed by atoms with Gasteiger partial charge in [0.2, 0.25) is 0 Å². The maximum Gasteiger partial charge on any atom is 0.279 e. The smallest absolute Gasteiger partial charge is 0.279 e. The topological polar surface area (TPSA) is 68.5 Å². The molecule has 1 heterocycles. The van der Waals surface area contributed by atoms with Gasteiger partial charge in [-0.3, -0.25) is 4.79 Å². The summed E-state index contributed by atoms with van der Waals surface area (Å²) in [6.45, 7) is 5.64. The predicted molar refractivity (Wildman–Crippen MR) is 104 cm³/mol. The van der Waals surface area contributed by atoms with Crippen LogP contribution >= 0.6 is 11.3 Å². The van der Waals surface area contributed by atoms with Crippen molar-refractivity contribution >= 4 is 37.3 Å². The summed E-state index contributed by atoms with van der Waals surface area (Å²) in [5.74, 6) is -0.457. The fourth-order valence-corrected chi connectivity index (χ4v) is 4.90. The number of aryl methyl sites for hydroxylation is 3. The van der Waals surface area contributed by atoms with Crippen molar-refractivity contribution in [3.63, 3.8) is 0 Å². The quantitative estimate of drug-likeness (QED) is 0.691. The fourth-order valence-electron chi connectivity index (χ4n) is 2.81. The normalized spacial score (nSPS) is 12.7. The van der Waals surface area contributed by atoms with Crippen LogP contribution in [0.1, 0.15) is 28.4 Å². The van der Waals surface area contributed by atoms with E-state index >= 15 is 0 Å². The van der Waals surface area contributed by atoms with Crippen LogP contribution in [0.3, 0.4) is 0 Å².